The smallest absolute Gasteiger partial charge is 0.293 e. The van der Waals surface area contributed by atoms with Gasteiger partial charge in [-0.25, -0.2) is 0 Å². The molecule has 8 heteroatoms. The number of anilines is 2. The summed E-state index contributed by atoms with van der Waals surface area (Å²) in [4.78, 5) is 37.0. The first-order valence-corrected chi connectivity index (χ1v) is 8.53. The summed E-state index contributed by atoms with van der Waals surface area (Å²) in [6.45, 7) is 0. The van der Waals surface area contributed by atoms with Gasteiger partial charge >= 0.3 is 0 Å². The third kappa shape index (κ3) is 4.41. The van der Waals surface area contributed by atoms with Gasteiger partial charge in [-0.1, -0.05) is 6.07 Å². The molecule has 8 nitrogen and oxygen atoms in total. The molecule has 0 spiro atoms. The predicted octanol–water partition coefficient (Wildman–Crippen LogP) is 2.81. The van der Waals surface area contributed by atoms with E-state index in [2.05, 4.69) is 10.6 Å². The van der Waals surface area contributed by atoms with Gasteiger partial charge in [0.2, 0.25) is 0 Å². The van der Waals surface area contributed by atoms with E-state index in [4.69, 9.17) is 0 Å². The van der Waals surface area contributed by atoms with Crippen molar-refractivity contribution >= 4 is 28.9 Å². The molecule has 0 bridgehead atoms. The zero-order chi connectivity index (χ0) is 19.6. The van der Waals surface area contributed by atoms with Crippen molar-refractivity contribution in [3.63, 3.8) is 0 Å². The Morgan fingerprint density at radius 2 is 1.78 bits per heavy atom. The van der Waals surface area contributed by atoms with Crippen molar-refractivity contribution in [2.45, 2.75) is 18.9 Å². The Morgan fingerprint density at radius 3 is 2.41 bits per heavy atom. The van der Waals surface area contributed by atoms with Crippen LogP contribution in [-0.4, -0.2) is 36.9 Å². The number of amides is 2. The fourth-order valence-corrected chi connectivity index (χ4v) is 2.63. The van der Waals surface area contributed by atoms with Crippen molar-refractivity contribution in [3.8, 4) is 0 Å². The second-order valence-electron chi connectivity index (χ2n) is 6.64. The van der Waals surface area contributed by atoms with E-state index in [1.807, 2.05) is 0 Å². The number of nitro benzene ring substituents is 1. The summed E-state index contributed by atoms with van der Waals surface area (Å²) in [5.41, 5.74) is 1.33. The Morgan fingerprint density at radius 1 is 1.07 bits per heavy atom. The van der Waals surface area contributed by atoms with Crippen LogP contribution in [0.5, 0.6) is 0 Å². The Balaban J connectivity index is 1.78. The standard InChI is InChI=1S/C19H20N4O4/c1-22(2)16-9-6-13(11-17(16)23(26)27)19(25)21-15-5-3-4-12(10-15)18(24)20-14-7-8-14/h3-6,9-11,14H,7-8H2,1-2H3,(H,20,24)(H,21,25). The summed E-state index contributed by atoms with van der Waals surface area (Å²) >= 11 is 0. The fourth-order valence-electron chi connectivity index (χ4n) is 2.63. The lowest BCUT2D eigenvalue weighted by molar-refractivity contribution is -0.384. The van der Waals surface area contributed by atoms with Crippen molar-refractivity contribution in [3.05, 3.63) is 63.7 Å². The Kier molecular flexibility index (Phi) is 5.07. The summed E-state index contributed by atoms with van der Waals surface area (Å²) in [6, 6.07) is 11.1. The van der Waals surface area contributed by atoms with E-state index in [-0.39, 0.29) is 23.2 Å². The van der Waals surface area contributed by atoms with Gasteiger partial charge in [-0.2, -0.15) is 0 Å². The molecule has 1 saturated carbocycles. The van der Waals surface area contributed by atoms with E-state index >= 15 is 0 Å². The lowest BCUT2D eigenvalue weighted by Gasteiger charge is -2.13. The average Bonchev–Trinajstić information content (AvgIpc) is 3.45. The number of carbonyl (C=O) groups excluding carboxylic acids is 2. The maximum absolute atomic E-state index is 12.5. The second kappa shape index (κ2) is 7.45. The van der Waals surface area contributed by atoms with Crippen molar-refractivity contribution < 1.29 is 14.5 Å². The van der Waals surface area contributed by atoms with Crippen LogP contribution in [0.4, 0.5) is 17.1 Å². The Labute approximate surface area is 156 Å². The molecule has 0 heterocycles. The van der Waals surface area contributed by atoms with Gasteiger partial charge in [0, 0.05) is 43.0 Å². The molecular formula is C19H20N4O4. The number of nitrogens with one attached hydrogen (secondary N) is 2. The maximum atomic E-state index is 12.5. The minimum absolute atomic E-state index is 0.148. The molecule has 0 aromatic heterocycles. The third-order valence-electron chi connectivity index (χ3n) is 4.21. The molecule has 1 aliphatic carbocycles. The largest absolute Gasteiger partial charge is 0.372 e. The molecule has 2 N–H and O–H groups in total. The monoisotopic (exact) mass is 368 g/mol. The van der Waals surface area contributed by atoms with Crippen LogP contribution in [-0.2, 0) is 0 Å². The topological polar surface area (TPSA) is 105 Å². The quantitative estimate of drug-likeness (QED) is 0.603. The summed E-state index contributed by atoms with van der Waals surface area (Å²) < 4.78 is 0. The molecule has 140 valence electrons. The van der Waals surface area contributed by atoms with Crippen molar-refractivity contribution in [1.82, 2.24) is 5.32 Å². The van der Waals surface area contributed by atoms with Gasteiger partial charge in [0.15, 0.2) is 0 Å². The number of benzene rings is 2. The van der Waals surface area contributed by atoms with Crippen LogP contribution >= 0.6 is 0 Å². The summed E-state index contributed by atoms with van der Waals surface area (Å²) in [6.07, 6.45) is 1.98. The molecule has 0 radical (unpaired) electrons. The summed E-state index contributed by atoms with van der Waals surface area (Å²) in [5.74, 6) is -0.664. The summed E-state index contributed by atoms with van der Waals surface area (Å²) in [5, 5.41) is 16.8. The van der Waals surface area contributed by atoms with Crippen molar-refractivity contribution in [1.29, 1.82) is 0 Å². The van der Waals surface area contributed by atoms with Gasteiger partial charge < -0.3 is 15.5 Å². The van der Waals surface area contributed by atoms with E-state index in [0.717, 1.165) is 12.8 Å². The predicted molar refractivity (Wildman–Crippen MR) is 102 cm³/mol. The molecule has 1 fully saturated rings. The highest BCUT2D eigenvalue weighted by Crippen LogP contribution is 2.28. The highest BCUT2D eigenvalue weighted by atomic mass is 16.6. The lowest BCUT2D eigenvalue weighted by Crippen LogP contribution is -2.25. The van der Waals surface area contributed by atoms with Gasteiger partial charge in [0.05, 0.1) is 4.92 Å². The van der Waals surface area contributed by atoms with Crippen LogP contribution in [0.15, 0.2) is 42.5 Å². The minimum Gasteiger partial charge on any atom is -0.372 e. The number of nitro groups is 1. The molecule has 2 amide bonds. The van der Waals surface area contributed by atoms with Gasteiger partial charge in [0.1, 0.15) is 5.69 Å². The van der Waals surface area contributed by atoms with E-state index in [1.54, 1.807) is 43.3 Å². The third-order valence-corrected chi connectivity index (χ3v) is 4.21. The molecular weight excluding hydrogens is 348 g/mol. The number of nitrogens with zero attached hydrogens (tertiary/aromatic N) is 2. The molecule has 0 aliphatic heterocycles. The zero-order valence-corrected chi connectivity index (χ0v) is 15.1. The molecule has 0 unspecified atom stereocenters. The van der Waals surface area contributed by atoms with Crippen LogP contribution in [0, 0.1) is 10.1 Å². The highest BCUT2D eigenvalue weighted by molar-refractivity contribution is 6.06. The molecule has 27 heavy (non-hydrogen) atoms. The number of hydrogen-bond donors (Lipinski definition) is 2. The Hall–Kier alpha value is -3.42. The molecule has 2 aromatic carbocycles. The van der Waals surface area contributed by atoms with E-state index in [1.165, 1.54) is 18.2 Å². The maximum Gasteiger partial charge on any atom is 0.293 e. The first kappa shape index (κ1) is 18.4. The van der Waals surface area contributed by atoms with Crippen LogP contribution in [0.3, 0.4) is 0 Å². The molecule has 3 rings (SSSR count). The van der Waals surface area contributed by atoms with Crippen molar-refractivity contribution in [2.24, 2.45) is 0 Å². The fraction of sp³-hybridized carbons (Fsp3) is 0.263. The number of carbonyl (C=O) groups is 2. The van der Waals surface area contributed by atoms with Crippen molar-refractivity contribution in [2.75, 3.05) is 24.3 Å². The second-order valence-corrected chi connectivity index (χ2v) is 6.64. The first-order valence-electron chi connectivity index (χ1n) is 8.53. The number of hydrogen-bond acceptors (Lipinski definition) is 5. The van der Waals surface area contributed by atoms with Crippen LogP contribution < -0.4 is 15.5 Å². The molecule has 0 saturated heterocycles. The SMILES string of the molecule is CN(C)c1ccc(C(=O)Nc2cccc(C(=O)NC3CC3)c2)cc1[N+](=O)[O-]. The zero-order valence-electron chi connectivity index (χ0n) is 15.1. The highest BCUT2D eigenvalue weighted by Gasteiger charge is 2.24. The van der Waals surface area contributed by atoms with Crippen LogP contribution in [0.1, 0.15) is 33.6 Å². The normalized spacial score (nSPS) is 13.0. The molecule has 1 aliphatic rings. The van der Waals surface area contributed by atoms with Gasteiger partial charge in [-0.05, 0) is 43.2 Å². The van der Waals surface area contributed by atoms with Gasteiger partial charge in [0.25, 0.3) is 17.5 Å². The number of rotatable bonds is 6. The van der Waals surface area contributed by atoms with Gasteiger partial charge in [-0.3, -0.25) is 19.7 Å². The first-order chi connectivity index (χ1) is 12.8. The van der Waals surface area contributed by atoms with E-state index in [0.29, 0.717) is 16.9 Å². The lowest BCUT2D eigenvalue weighted by atomic mass is 10.1. The molecule has 2 aromatic rings. The van der Waals surface area contributed by atoms with E-state index in [9.17, 15) is 19.7 Å². The molecule has 0 atom stereocenters. The minimum atomic E-state index is -0.519. The Bertz CT molecular complexity index is 906. The van der Waals surface area contributed by atoms with Crippen LogP contribution in [0.2, 0.25) is 0 Å². The average molecular weight is 368 g/mol. The van der Waals surface area contributed by atoms with Gasteiger partial charge in [-0.15, -0.1) is 0 Å². The van der Waals surface area contributed by atoms with Crippen LogP contribution in [0.25, 0.3) is 0 Å². The van der Waals surface area contributed by atoms with E-state index < -0.39 is 10.8 Å². The summed E-state index contributed by atoms with van der Waals surface area (Å²) in [7, 11) is 3.39.